The predicted molar refractivity (Wildman–Crippen MR) is 58.6 cm³/mol. The van der Waals surface area contributed by atoms with Crippen LogP contribution < -0.4 is 5.73 Å². The van der Waals surface area contributed by atoms with Gasteiger partial charge in [-0.25, -0.2) is 4.39 Å². The third-order valence-electron chi connectivity index (χ3n) is 2.05. The van der Waals surface area contributed by atoms with Crippen molar-refractivity contribution in [3.05, 3.63) is 23.8 Å². The monoisotopic (exact) mass is 226 g/mol. The fraction of sp³-hybridized carbons (Fsp3) is 0.300. The summed E-state index contributed by atoms with van der Waals surface area (Å²) < 4.78 is 17.8. The number of fused-ring (bicyclic) bond motifs is 1. The molecule has 0 bridgehead atoms. The molecule has 15 heavy (non-hydrogen) atoms. The molecular weight excluding hydrogens is 215 g/mol. The molecule has 0 aliphatic carbocycles. The number of alkyl halides is 1. The van der Waals surface area contributed by atoms with Gasteiger partial charge in [-0.3, -0.25) is 0 Å². The van der Waals surface area contributed by atoms with Crippen molar-refractivity contribution in [1.29, 1.82) is 0 Å². The highest BCUT2D eigenvalue weighted by Gasteiger charge is 2.12. The summed E-state index contributed by atoms with van der Waals surface area (Å²) in [7, 11) is 0. The molecule has 1 heterocycles. The maximum absolute atomic E-state index is 12.7. The lowest BCUT2D eigenvalue weighted by Gasteiger charge is -1.98. The number of nitrogens with zero attached hydrogens (tertiary/aromatic N) is 1. The molecule has 1 aromatic carbocycles. The summed E-state index contributed by atoms with van der Waals surface area (Å²) in [6.07, 6.45) is 0. The SMILES string of the molecule is NCCSc1noc2cccc(CF)c12. The van der Waals surface area contributed by atoms with E-state index >= 15 is 0 Å². The lowest BCUT2D eigenvalue weighted by molar-refractivity contribution is 0.437. The van der Waals surface area contributed by atoms with Crippen LogP contribution in [-0.4, -0.2) is 17.5 Å². The second kappa shape index (κ2) is 4.63. The summed E-state index contributed by atoms with van der Waals surface area (Å²) in [5.41, 5.74) is 6.65. The fourth-order valence-electron chi connectivity index (χ4n) is 1.40. The Kier molecular flexibility index (Phi) is 3.23. The number of halogens is 1. The average molecular weight is 226 g/mol. The maximum Gasteiger partial charge on any atom is 0.168 e. The van der Waals surface area contributed by atoms with Crippen LogP contribution in [0.1, 0.15) is 5.56 Å². The van der Waals surface area contributed by atoms with Gasteiger partial charge in [-0.15, -0.1) is 11.8 Å². The van der Waals surface area contributed by atoms with Crippen molar-refractivity contribution >= 4 is 22.7 Å². The standard InChI is InChI=1S/C10H11FN2OS/c11-6-7-2-1-3-8-9(7)10(13-14-8)15-5-4-12/h1-3H,4-6,12H2. The molecule has 5 heteroatoms. The normalized spacial score (nSPS) is 11.1. The Hall–Kier alpha value is -1.07. The Labute approximate surface area is 90.8 Å². The van der Waals surface area contributed by atoms with Crippen molar-refractivity contribution < 1.29 is 8.91 Å². The van der Waals surface area contributed by atoms with E-state index in [-0.39, 0.29) is 0 Å². The summed E-state index contributed by atoms with van der Waals surface area (Å²) in [5, 5.41) is 5.41. The molecule has 0 radical (unpaired) electrons. The van der Waals surface area contributed by atoms with Crippen molar-refractivity contribution in [2.45, 2.75) is 11.7 Å². The Morgan fingerprint density at radius 3 is 3.07 bits per heavy atom. The zero-order valence-corrected chi connectivity index (χ0v) is 8.89. The van der Waals surface area contributed by atoms with E-state index in [0.29, 0.717) is 17.7 Å². The van der Waals surface area contributed by atoms with Crippen LogP contribution in [-0.2, 0) is 6.67 Å². The smallest absolute Gasteiger partial charge is 0.168 e. The van der Waals surface area contributed by atoms with E-state index in [0.717, 1.165) is 16.2 Å². The molecule has 0 amide bonds. The number of aromatic nitrogens is 1. The molecule has 80 valence electrons. The van der Waals surface area contributed by atoms with Gasteiger partial charge in [0.15, 0.2) is 5.58 Å². The van der Waals surface area contributed by atoms with E-state index in [2.05, 4.69) is 5.16 Å². The number of hydrogen-bond donors (Lipinski definition) is 1. The number of nitrogens with two attached hydrogens (primary N) is 1. The molecule has 0 aliphatic heterocycles. The molecule has 0 unspecified atom stereocenters. The van der Waals surface area contributed by atoms with Crippen LogP contribution in [0, 0.1) is 0 Å². The molecular formula is C10H11FN2OS. The minimum atomic E-state index is -0.505. The van der Waals surface area contributed by atoms with E-state index < -0.39 is 6.67 Å². The van der Waals surface area contributed by atoms with Gasteiger partial charge < -0.3 is 10.3 Å². The number of thioether (sulfide) groups is 1. The van der Waals surface area contributed by atoms with Gasteiger partial charge in [-0.05, 0) is 11.6 Å². The van der Waals surface area contributed by atoms with Crippen molar-refractivity contribution in [1.82, 2.24) is 5.16 Å². The van der Waals surface area contributed by atoms with Gasteiger partial charge in [-0.2, -0.15) is 0 Å². The topological polar surface area (TPSA) is 52.0 Å². The van der Waals surface area contributed by atoms with Crippen molar-refractivity contribution in [2.75, 3.05) is 12.3 Å². The van der Waals surface area contributed by atoms with Crippen molar-refractivity contribution in [3.63, 3.8) is 0 Å². The van der Waals surface area contributed by atoms with Crippen molar-refractivity contribution in [2.24, 2.45) is 5.73 Å². The maximum atomic E-state index is 12.7. The minimum absolute atomic E-state index is 0.505. The van der Waals surface area contributed by atoms with Gasteiger partial charge in [0.2, 0.25) is 0 Å². The zero-order valence-electron chi connectivity index (χ0n) is 8.07. The quantitative estimate of drug-likeness (QED) is 0.813. The molecule has 0 aliphatic rings. The summed E-state index contributed by atoms with van der Waals surface area (Å²) in [4.78, 5) is 0. The highest BCUT2D eigenvalue weighted by Crippen LogP contribution is 2.30. The number of rotatable bonds is 4. The highest BCUT2D eigenvalue weighted by molar-refractivity contribution is 7.99. The molecule has 3 nitrogen and oxygen atoms in total. The third-order valence-corrected chi connectivity index (χ3v) is 3.05. The van der Waals surface area contributed by atoms with Crippen LogP contribution in [0.15, 0.2) is 27.7 Å². The van der Waals surface area contributed by atoms with Gasteiger partial charge in [0.05, 0.1) is 5.39 Å². The molecule has 2 N–H and O–H groups in total. The van der Waals surface area contributed by atoms with E-state index in [9.17, 15) is 4.39 Å². The number of benzene rings is 1. The third kappa shape index (κ3) is 1.98. The van der Waals surface area contributed by atoms with Gasteiger partial charge >= 0.3 is 0 Å². The zero-order chi connectivity index (χ0) is 10.7. The van der Waals surface area contributed by atoms with Crippen molar-refractivity contribution in [3.8, 4) is 0 Å². The summed E-state index contributed by atoms with van der Waals surface area (Å²) >= 11 is 1.49. The first-order valence-corrected chi connectivity index (χ1v) is 5.61. The first kappa shape index (κ1) is 10.4. The lowest BCUT2D eigenvalue weighted by atomic mass is 10.1. The first-order valence-electron chi connectivity index (χ1n) is 4.63. The van der Waals surface area contributed by atoms with Crippen LogP contribution in [0.2, 0.25) is 0 Å². The van der Waals surface area contributed by atoms with Gasteiger partial charge in [-0.1, -0.05) is 17.3 Å². The van der Waals surface area contributed by atoms with Crippen LogP contribution >= 0.6 is 11.8 Å². The summed E-state index contributed by atoms with van der Waals surface area (Å²) in [5.74, 6) is 0.752. The van der Waals surface area contributed by atoms with Gasteiger partial charge in [0.25, 0.3) is 0 Å². The molecule has 0 fully saturated rings. The Bertz CT molecular complexity index is 458. The second-order valence-corrected chi connectivity index (χ2v) is 4.13. The highest BCUT2D eigenvalue weighted by atomic mass is 32.2. The second-order valence-electron chi connectivity index (χ2n) is 3.05. The summed E-state index contributed by atoms with van der Waals surface area (Å²) in [6.45, 7) is 0.0611. The average Bonchev–Trinajstić information content (AvgIpc) is 2.69. The van der Waals surface area contributed by atoms with Crippen LogP contribution in [0.5, 0.6) is 0 Å². The van der Waals surface area contributed by atoms with Crippen LogP contribution in [0.4, 0.5) is 4.39 Å². The first-order chi connectivity index (χ1) is 7.36. The lowest BCUT2D eigenvalue weighted by Crippen LogP contribution is -2.01. The molecule has 2 aromatic rings. The molecule has 0 spiro atoms. The molecule has 0 saturated carbocycles. The molecule has 1 aromatic heterocycles. The van der Waals surface area contributed by atoms with E-state index in [4.69, 9.17) is 10.3 Å². The Balaban J connectivity index is 2.46. The molecule has 0 atom stereocenters. The fourth-order valence-corrected chi connectivity index (χ4v) is 2.17. The molecule has 2 rings (SSSR count). The van der Waals surface area contributed by atoms with Crippen LogP contribution in [0.25, 0.3) is 11.0 Å². The largest absolute Gasteiger partial charge is 0.355 e. The van der Waals surface area contributed by atoms with E-state index in [1.54, 1.807) is 18.2 Å². The predicted octanol–water partition coefficient (Wildman–Crippen LogP) is 2.35. The number of hydrogen-bond acceptors (Lipinski definition) is 4. The van der Waals surface area contributed by atoms with Crippen LogP contribution in [0.3, 0.4) is 0 Å². The summed E-state index contributed by atoms with van der Waals surface area (Å²) in [6, 6.07) is 5.29. The minimum Gasteiger partial charge on any atom is -0.355 e. The van der Waals surface area contributed by atoms with Gasteiger partial charge in [0.1, 0.15) is 11.7 Å². The van der Waals surface area contributed by atoms with E-state index in [1.165, 1.54) is 11.8 Å². The Morgan fingerprint density at radius 1 is 1.47 bits per heavy atom. The molecule has 0 saturated heterocycles. The van der Waals surface area contributed by atoms with E-state index in [1.807, 2.05) is 0 Å². The van der Waals surface area contributed by atoms with Gasteiger partial charge in [0, 0.05) is 12.3 Å². The Morgan fingerprint density at radius 2 is 2.33 bits per heavy atom.